The number of aryl methyl sites for hydroxylation is 1. The number of hydrogen-bond acceptors (Lipinski definition) is 2. The van der Waals surface area contributed by atoms with Crippen molar-refractivity contribution >= 4 is 0 Å². The van der Waals surface area contributed by atoms with E-state index in [1.165, 1.54) is 16.7 Å². The highest BCUT2D eigenvalue weighted by Gasteiger charge is 2.12. The van der Waals surface area contributed by atoms with Crippen LogP contribution >= 0.6 is 0 Å². The van der Waals surface area contributed by atoms with Crippen molar-refractivity contribution in [2.75, 3.05) is 0 Å². The summed E-state index contributed by atoms with van der Waals surface area (Å²) >= 11 is 0. The molecule has 1 heterocycles. The van der Waals surface area contributed by atoms with Gasteiger partial charge in [0.2, 0.25) is 0 Å². The smallest absolute Gasteiger partial charge is 0.160 e. The maximum Gasteiger partial charge on any atom is 0.160 e. The first-order valence-corrected chi connectivity index (χ1v) is 10.4. The Hall–Kier alpha value is -4.04. The monoisotopic (exact) mass is 398 g/mol. The molecule has 0 fully saturated rings. The van der Waals surface area contributed by atoms with Gasteiger partial charge < -0.3 is 0 Å². The Labute approximate surface area is 182 Å². The summed E-state index contributed by atoms with van der Waals surface area (Å²) in [5.41, 5.74) is 8.69. The van der Waals surface area contributed by atoms with Crippen LogP contribution in [-0.2, 0) is 0 Å². The molecule has 0 saturated heterocycles. The number of benzene rings is 4. The van der Waals surface area contributed by atoms with Crippen LogP contribution in [0.1, 0.15) is 5.56 Å². The summed E-state index contributed by atoms with van der Waals surface area (Å²) in [5.74, 6) is 0.739. The van der Waals surface area contributed by atoms with Crippen molar-refractivity contribution in [2.45, 2.75) is 6.92 Å². The average molecular weight is 399 g/mol. The Morgan fingerprint density at radius 1 is 0.452 bits per heavy atom. The fourth-order valence-electron chi connectivity index (χ4n) is 3.77. The zero-order valence-corrected chi connectivity index (χ0v) is 17.4. The molecule has 2 nitrogen and oxygen atoms in total. The Bertz CT molecular complexity index is 1310. The van der Waals surface area contributed by atoms with Gasteiger partial charge in [-0.15, -0.1) is 0 Å². The topological polar surface area (TPSA) is 25.8 Å². The van der Waals surface area contributed by atoms with Crippen LogP contribution in [0.15, 0.2) is 115 Å². The Balaban J connectivity index is 1.63. The van der Waals surface area contributed by atoms with Gasteiger partial charge >= 0.3 is 0 Å². The van der Waals surface area contributed by atoms with Crippen LogP contribution in [0.4, 0.5) is 0 Å². The zero-order chi connectivity index (χ0) is 21.0. The van der Waals surface area contributed by atoms with Gasteiger partial charge in [-0.2, -0.15) is 0 Å². The second-order valence-electron chi connectivity index (χ2n) is 7.59. The van der Waals surface area contributed by atoms with Crippen molar-refractivity contribution in [1.29, 1.82) is 0 Å². The summed E-state index contributed by atoms with van der Waals surface area (Å²) in [5, 5.41) is 0. The van der Waals surface area contributed by atoms with Gasteiger partial charge in [-0.3, -0.25) is 0 Å². The van der Waals surface area contributed by atoms with Crippen molar-refractivity contribution in [3.63, 3.8) is 0 Å². The fraction of sp³-hybridized carbons (Fsp3) is 0.0345. The summed E-state index contributed by atoms with van der Waals surface area (Å²) in [4.78, 5) is 9.83. The van der Waals surface area contributed by atoms with Gasteiger partial charge in [-0.25, -0.2) is 9.97 Å². The van der Waals surface area contributed by atoms with Gasteiger partial charge in [0.1, 0.15) is 0 Å². The zero-order valence-electron chi connectivity index (χ0n) is 17.4. The molecule has 0 aliphatic rings. The van der Waals surface area contributed by atoms with E-state index in [0.717, 1.165) is 33.9 Å². The quantitative estimate of drug-likeness (QED) is 0.314. The second-order valence-corrected chi connectivity index (χ2v) is 7.59. The first kappa shape index (κ1) is 19.0. The predicted molar refractivity (Wildman–Crippen MR) is 129 cm³/mol. The molecule has 5 rings (SSSR count). The van der Waals surface area contributed by atoms with Crippen molar-refractivity contribution in [3.05, 3.63) is 121 Å². The summed E-state index contributed by atoms with van der Waals surface area (Å²) in [6.07, 6.45) is 0. The lowest BCUT2D eigenvalue weighted by Crippen LogP contribution is -1.96. The maximum atomic E-state index is 4.92. The van der Waals surface area contributed by atoms with E-state index in [2.05, 4.69) is 97.9 Å². The van der Waals surface area contributed by atoms with Crippen molar-refractivity contribution in [2.24, 2.45) is 0 Å². The van der Waals surface area contributed by atoms with Gasteiger partial charge in [0.05, 0.1) is 11.4 Å². The molecule has 0 unspecified atom stereocenters. The van der Waals surface area contributed by atoms with Crippen molar-refractivity contribution in [1.82, 2.24) is 9.97 Å². The SMILES string of the molecule is Cc1ccccc1-c1cc(-c2ccc(-c3ccccc3)cc2)nc(-c2ccccc2)n1. The van der Waals surface area contributed by atoms with E-state index in [1.54, 1.807) is 0 Å². The minimum absolute atomic E-state index is 0.739. The van der Waals surface area contributed by atoms with Crippen LogP contribution in [0.3, 0.4) is 0 Å². The summed E-state index contributed by atoms with van der Waals surface area (Å²) < 4.78 is 0. The predicted octanol–water partition coefficient (Wildman–Crippen LogP) is 7.45. The summed E-state index contributed by atoms with van der Waals surface area (Å²) in [7, 11) is 0. The molecule has 0 bridgehead atoms. The van der Waals surface area contributed by atoms with Crippen LogP contribution in [-0.4, -0.2) is 9.97 Å². The van der Waals surface area contributed by atoms with E-state index in [1.807, 2.05) is 24.3 Å². The van der Waals surface area contributed by atoms with Crippen molar-refractivity contribution in [3.8, 4) is 45.0 Å². The highest BCUT2D eigenvalue weighted by atomic mass is 14.9. The minimum atomic E-state index is 0.739. The van der Waals surface area contributed by atoms with E-state index in [0.29, 0.717) is 0 Å². The van der Waals surface area contributed by atoms with E-state index >= 15 is 0 Å². The van der Waals surface area contributed by atoms with E-state index in [4.69, 9.17) is 9.97 Å². The lowest BCUT2D eigenvalue weighted by atomic mass is 10.0. The molecular weight excluding hydrogens is 376 g/mol. The van der Waals surface area contributed by atoms with Crippen LogP contribution in [0, 0.1) is 6.92 Å². The van der Waals surface area contributed by atoms with Crippen LogP contribution in [0.2, 0.25) is 0 Å². The lowest BCUT2D eigenvalue weighted by Gasteiger charge is -2.11. The molecule has 31 heavy (non-hydrogen) atoms. The van der Waals surface area contributed by atoms with Crippen LogP contribution in [0.5, 0.6) is 0 Å². The van der Waals surface area contributed by atoms with Gasteiger partial charge in [0.15, 0.2) is 5.82 Å². The molecule has 148 valence electrons. The molecular formula is C29H22N2. The fourth-order valence-corrected chi connectivity index (χ4v) is 3.77. The molecule has 0 atom stereocenters. The Morgan fingerprint density at radius 2 is 0.968 bits per heavy atom. The lowest BCUT2D eigenvalue weighted by molar-refractivity contribution is 1.18. The number of hydrogen-bond donors (Lipinski definition) is 0. The minimum Gasteiger partial charge on any atom is -0.228 e. The first-order valence-electron chi connectivity index (χ1n) is 10.4. The normalized spacial score (nSPS) is 10.7. The molecule has 0 aliphatic carbocycles. The maximum absolute atomic E-state index is 4.92. The summed E-state index contributed by atoms with van der Waals surface area (Å²) in [6.45, 7) is 2.12. The first-order chi connectivity index (χ1) is 15.3. The van der Waals surface area contributed by atoms with Crippen LogP contribution in [0.25, 0.3) is 45.0 Å². The van der Waals surface area contributed by atoms with E-state index in [9.17, 15) is 0 Å². The Morgan fingerprint density at radius 3 is 1.65 bits per heavy atom. The second kappa shape index (κ2) is 8.37. The van der Waals surface area contributed by atoms with Gasteiger partial charge in [0, 0.05) is 16.7 Å². The third-order valence-corrected chi connectivity index (χ3v) is 5.47. The number of rotatable bonds is 4. The third-order valence-electron chi connectivity index (χ3n) is 5.47. The molecule has 2 heteroatoms. The van der Waals surface area contributed by atoms with E-state index < -0.39 is 0 Å². The molecule has 0 saturated carbocycles. The largest absolute Gasteiger partial charge is 0.228 e. The molecule has 0 radical (unpaired) electrons. The summed E-state index contributed by atoms with van der Waals surface area (Å²) in [6, 6.07) is 39.6. The average Bonchev–Trinajstić information content (AvgIpc) is 2.85. The molecule has 0 aliphatic heterocycles. The van der Waals surface area contributed by atoms with Gasteiger partial charge in [-0.1, -0.05) is 109 Å². The number of nitrogens with zero attached hydrogens (tertiary/aromatic N) is 2. The molecule has 0 spiro atoms. The molecule has 1 aromatic heterocycles. The molecule has 0 N–H and O–H groups in total. The van der Waals surface area contributed by atoms with Gasteiger partial charge in [-0.05, 0) is 29.7 Å². The van der Waals surface area contributed by atoms with Crippen LogP contribution < -0.4 is 0 Å². The third kappa shape index (κ3) is 4.01. The van der Waals surface area contributed by atoms with E-state index in [-0.39, 0.29) is 0 Å². The molecule has 0 amide bonds. The molecule has 5 aromatic rings. The standard InChI is InChI=1S/C29H22N2/c1-21-10-8-9-15-26(21)28-20-27(30-29(31-28)25-13-6-3-7-14-25)24-18-16-23(17-19-24)22-11-4-2-5-12-22/h2-20H,1H3. The highest BCUT2D eigenvalue weighted by Crippen LogP contribution is 2.30. The highest BCUT2D eigenvalue weighted by molar-refractivity contribution is 5.75. The Kier molecular flexibility index (Phi) is 5.12. The molecule has 4 aromatic carbocycles. The number of aromatic nitrogens is 2. The van der Waals surface area contributed by atoms with Crippen molar-refractivity contribution < 1.29 is 0 Å². The van der Waals surface area contributed by atoms with Gasteiger partial charge in [0.25, 0.3) is 0 Å².